The number of hydrogen-bond acceptors (Lipinski definition) is 3. The SMILES string of the molecule is O=[N+]([O-])c1cccc(CN2CCCn3cccc3C2c2cccc(F)c2)c1. The highest BCUT2D eigenvalue weighted by Crippen LogP contribution is 2.33. The Morgan fingerprint density at radius 1 is 1.07 bits per heavy atom. The van der Waals surface area contributed by atoms with E-state index in [-0.39, 0.29) is 22.5 Å². The average molecular weight is 365 g/mol. The van der Waals surface area contributed by atoms with Gasteiger partial charge in [0.2, 0.25) is 0 Å². The summed E-state index contributed by atoms with van der Waals surface area (Å²) < 4.78 is 16.1. The molecule has 5 nitrogen and oxygen atoms in total. The predicted octanol–water partition coefficient (Wildman–Crippen LogP) is 4.53. The van der Waals surface area contributed by atoms with Crippen LogP contribution < -0.4 is 0 Å². The Morgan fingerprint density at radius 3 is 2.74 bits per heavy atom. The second-order valence-electron chi connectivity index (χ2n) is 6.84. The summed E-state index contributed by atoms with van der Waals surface area (Å²) in [6, 6.07) is 17.4. The summed E-state index contributed by atoms with van der Waals surface area (Å²) in [6.07, 6.45) is 3.01. The van der Waals surface area contributed by atoms with E-state index >= 15 is 0 Å². The van der Waals surface area contributed by atoms with E-state index in [1.165, 1.54) is 12.1 Å². The Bertz CT molecular complexity index is 969. The molecule has 1 aliphatic heterocycles. The quantitative estimate of drug-likeness (QED) is 0.504. The van der Waals surface area contributed by atoms with Crippen molar-refractivity contribution in [2.45, 2.75) is 25.6 Å². The molecule has 0 N–H and O–H groups in total. The fourth-order valence-electron chi connectivity index (χ4n) is 3.87. The number of fused-ring (bicyclic) bond motifs is 1. The number of nitrogens with zero attached hydrogens (tertiary/aromatic N) is 3. The van der Waals surface area contributed by atoms with Crippen LogP contribution in [0.5, 0.6) is 0 Å². The van der Waals surface area contributed by atoms with Crippen LogP contribution in [-0.4, -0.2) is 20.9 Å². The van der Waals surface area contributed by atoms with E-state index in [4.69, 9.17) is 0 Å². The molecule has 1 atom stereocenters. The summed E-state index contributed by atoms with van der Waals surface area (Å²) in [5.74, 6) is -0.259. The summed E-state index contributed by atoms with van der Waals surface area (Å²) in [5.41, 5.74) is 2.98. The van der Waals surface area contributed by atoms with E-state index in [2.05, 4.69) is 21.7 Å². The maximum atomic E-state index is 13.9. The van der Waals surface area contributed by atoms with Crippen LogP contribution in [0, 0.1) is 15.9 Å². The Balaban J connectivity index is 1.73. The minimum Gasteiger partial charge on any atom is -0.350 e. The van der Waals surface area contributed by atoms with Crippen LogP contribution >= 0.6 is 0 Å². The normalized spacial score (nSPS) is 17.3. The Morgan fingerprint density at radius 2 is 1.93 bits per heavy atom. The third-order valence-corrected chi connectivity index (χ3v) is 5.03. The fourth-order valence-corrected chi connectivity index (χ4v) is 3.87. The van der Waals surface area contributed by atoms with Crippen molar-refractivity contribution in [3.63, 3.8) is 0 Å². The number of rotatable bonds is 4. The molecule has 0 saturated carbocycles. The van der Waals surface area contributed by atoms with Gasteiger partial charge in [0, 0.05) is 43.7 Å². The number of nitro groups is 1. The van der Waals surface area contributed by atoms with Crippen molar-refractivity contribution in [3.05, 3.63) is 99.6 Å². The molecule has 138 valence electrons. The predicted molar refractivity (Wildman–Crippen MR) is 101 cm³/mol. The average Bonchev–Trinajstić information content (AvgIpc) is 3.03. The molecule has 2 heterocycles. The molecule has 0 fully saturated rings. The minimum absolute atomic E-state index is 0.0907. The zero-order valence-corrected chi connectivity index (χ0v) is 14.8. The molecule has 0 bridgehead atoms. The lowest BCUT2D eigenvalue weighted by Gasteiger charge is -2.30. The lowest BCUT2D eigenvalue weighted by atomic mass is 10.0. The topological polar surface area (TPSA) is 51.3 Å². The van der Waals surface area contributed by atoms with E-state index in [9.17, 15) is 14.5 Å². The molecule has 27 heavy (non-hydrogen) atoms. The van der Waals surface area contributed by atoms with Crippen molar-refractivity contribution in [2.75, 3.05) is 6.54 Å². The maximum absolute atomic E-state index is 13.9. The molecule has 0 radical (unpaired) electrons. The second-order valence-corrected chi connectivity index (χ2v) is 6.84. The molecular formula is C21H20FN3O2. The molecule has 4 rings (SSSR count). The van der Waals surface area contributed by atoms with Crippen LogP contribution in [0.1, 0.15) is 29.3 Å². The largest absolute Gasteiger partial charge is 0.350 e. The van der Waals surface area contributed by atoms with Crippen molar-refractivity contribution < 1.29 is 9.31 Å². The summed E-state index contributed by atoms with van der Waals surface area (Å²) in [5, 5.41) is 11.1. The molecule has 1 aromatic heterocycles. The lowest BCUT2D eigenvalue weighted by Crippen LogP contribution is -2.29. The number of hydrogen-bond donors (Lipinski definition) is 0. The summed E-state index contributed by atoms with van der Waals surface area (Å²) in [4.78, 5) is 13.0. The van der Waals surface area contributed by atoms with Gasteiger partial charge in [0.1, 0.15) is 5.82 Å². The van der Waals surface area contributed by atoms with Gasteiger partial charge >= 0.3 is 0 Å². The number of nitro benzene ring substituents is 1. The zero-order valence-electron chi connectivity index (χ0n) is 14.8. The number of benzene rings is 2. The van der Waals surface area contributed by atoms with E-state index in [1.54, 1.807) is 24.3 Å². The van der Waals surface area contributed by atoms with Crippen molar-refractivity contribution in [1.82, 2.24) is 9.47 Å². The van der Waals surface area contributed by atoms with E-state index < -0.39 is 0 Å². The van der Waals surface area contributed by atoms with Gasteiger partial charge in [0.15, 0.2) is 0 Å². The summed E-state index contributed by atoms with van der Waals surface area (Å²) >= 11 is 0. The highest BCUT2D eigenvalue weighted by Gasteiger charge is 2.27. The molecular weight excluding hydrogens is 345 g/mol. The molecule has 3 aromatic rings. The third kappa shape index (κ3) is 3.61. The van der Waals surface area contributed by atoms with Crippen LogP contribution in [0.3, 0.4) is 0 Å². The standard InChI is InChI=1S/C21H20FN3O2/c22-18-7-2-6-17(14-18)21-20-9-3-10-23(20)11-4-12-24(21)15-16-5-1-8-19(13-16)25(26)27/h1-3,5-10,13-14,21H,4,11-12,15H2. The highest BCUT2D eigenvalue weighted by molar-refractivity contribution is 5.35. The first-order valence-electron chi connectivity index (χ1n) is 9.00. The van der Waals surface area contributed by atoms with Gasteiger partial charge in [-0.2, -0.15) is 0 Å². The zero-order chi connectivity index (χ0) is 18.8. The lowest BCUT2D eigenvalue weighted by molar-refractivity contribution is -0.384. The molecule has 0 spiro atoms. The smallest absolute Gasteiger partial charge is 0.269 e. The van der Waals surface area contributed by atoms with Gasteiger partial charge in [-0.05, 0) is 41.8 Å². The van der Waals surface area contributed by atoms with Crippen molar-refractivity contribution in [2.24, 2.45) is 0 Å². The van der Waals surface area contributed by atoms with E-state index in [0.29, 0.717) is 6.54 Å². The van der Waals surface area contributed by atoms with Crippen molar-refractivity contribution in [3.8, 4) is 0 Å². The third-order valence-electron chi connectivity index (χ3n) is 5.03. The first kappa shape index (κ1) is 17.4. The van der Waals surface area contributed by atoms with Crippen LogP contribution in [0.25, 0.3) is 0 Å². The molecule has 1 unspecified atom stereocenters. The number of halogens is 1. The van der Waals surface area contributed by atoms with Crippen molar-refractivity contribution in [1.29, 1.82) is 0 Å². The van der Waals surface area contributed by atoms with Crippen molar-refractivity contribution >= 4 is 5.69 Å². The number of non-ortho nitro benzene ring substituents is 1. The Kier molecular flexibility index (Phi) is 4.73. The molecule has 6 heteroatoms. The Labute approximate surface area is 156 Å². The summed E-state index contributed by atoms with van der Waals surface area (Å²) in [6.45, 7) is 2.29. The van der Waals surface area contributed by atoms with Crippen LogP contribution in [0.2, 0.25) is 0 Å². The monoisotopic (exact) mass is 365 g/mol. The Hall–Kier alpha value is -2.99. The number of aryl methyl sites for hydroxylation is 1. The highest BCUT2D eigenvalue weighted by atomic mass is 19.1. The van der Waals surface area contributed by atoms with Gasteiger partial charge in [-0.15, -0.1) is 0 Å². The maximum Gasteiger partial charge on any atom is 0.269 e. The minimum atomic E-state index is -0.374. The van der Waals surface area contributed by atoms with Gasteiger partial charge in [-0.1, -0.05) is 24.3 Å². The van der Waals surface area contributed by atoms with E-state index in [1.807, 2.05) is 18.2 Å². The van der Waals surface area contributed by atoms with E-state index in [0.717, 1.165) is 36.3 Å². The van der Waals surface area contributed by atoms with Gasteiger partial charge in [-0.25, -0.2) is 4.39 Å². The summed E-state index contributed by atoms with van der Waals surface area (Å²) in [7, 11) is 0. The van der Waals surface area contributed by atoms with Crippen LogP contribution in [0.15, 0.2) is 66.9 Å². The fraction of sp³-hybridized carbons (Fsp3) is 0.238. The van der Waals surface area contributed by atoms with Crippen LogP contribution in [-0.2, 0) is 13.1 Å². The molecule has 2 aromatic carbocycles. The second kappa shape index (κ2) is 7.32. The first-order valence-corrected chi connectivity index (χ1v) is 9.00. The van der Waals surface area contributed by atoms with Gasteiger partial charge in [0.25, 0.3) is 5.69 Å². The molecule has 0 saturated heterocycles. The van der Waals surface area contributed by atoms with Crippen LogP contribution in [0.4, 0.5) is 10.1 Å². The molecule has 1 aliphatic rings. The van der Waals surface area contributed by atoms with Gasteiger partial charge in [0.05, 0.1) is 11.0 Å². The molecule has 0 aliphatic carbocycles. The van der Waals surface area contributed by atoms with Gasteiger partial charge < -0.3 is 4.57 Å². The van der Waals surface area contributed by atoms with Gasteiger partial charge in [-0.3, -0.25) is 15.0 Å². The molecule has 0 amide bonds. The first-order chi connectivity index (χ1) is 13.1. The number of aromatic nitrogens is 1.